The van der Waals surface area contributed by atoms with Crippen LogP contribution < -0.4 is 5.32 Å². The first-order valence-corrected chi connectivity index (χ1v) is 5.75. The molecule has 0 unspecified atom stereocenters. The van der Waals surface area contributed by atoms with Crippen LogP contribution in [0.15, 0.2) is 48.5 Å². The summed E-state index contributed by atoms with van der Waals surface area (Å²) in [5.41, 5.74) is 3.71. The van der Waals surface area contributed by atoms with Gasteiger partial charge in [-0.3, -0.25) is 0 Å². The fourth-order valence-corrected chi connectivity index (χ4v) is 1.92. The van der Waals surface area contributed by atoms with Gasteiger partial charge in [-0.2, -0.15) is 0 Å². The normalized spacial score (nSPS) is 10.5. The zero-order valence-corrected chi connectivity index (χ0v) is 9.91. The van der Waals surface area contributed by atoms with E-state index in [-0.39, 0.29) is 5.82 Å². The standard InChI is InChI=1S/C15H16FN/c1-17-11-14-5-3-2-4-13(14)10-12-6-8-15(16)9-7-12/h2-9,17H,10-11H2,1H3. The van der Waals surface area contributed by atoms with Crippen molar-refractivity contribution in [1.82, 2.24) is 5.32 Å². The lowest BCUT2D eigenvalue weighted by molar-refractivity contribution is 0.627. The summed E-state index contributed by atoms with van der Waals surface area (Å²) >= 11 is 0. The van der Waals surface area contributed by atoms with Gasteiger partial charge < -0.3 is 5.32 Å². The Kier molecular flexibility index (Phi) is 3.89. The van der Waals surface area contributed by atoms with Gasteiger partial charge in [-0.05, 0) is 42.3 Å². The van der Waals surface area contributed by atoms with Crippen molar-refractivity contribution < 1.29 is 4.39 Å². The van der Waals surface area contributed by atoms with Crippen LogP contribution in [-0.2, 0) is 13.0 Å². The van der Waals surface area contributed by atoms with Gasteiger partial charge in [0.2, 0.25) is 0 Å². The highest BCUT2D eigenvalue weighted by molar-refractivity contribution is 5.32. The SMILES string of the molecule is CNCc1ccccc1Cc1ccc(F)cc1. The van der Waals surface area contributed by atoms with Gasteiger partial charge in [0, 0.05) is 6.54 Å². The second-order valence-corrected chi connectivity index (χ2v) is 4.10. The van der Waals surface area contributed by atoms with Gasteiger partial charge in [0.25, 0.3) is 0 Å². The maximum Gasteiger partial charge on any atom is 0.123 e. The Morgan fingerprint density at radius 2 is 1.59 bits per heavy atom. The predicted molar refractivity (Wildman–Crippen MR) is 68.4 cm³/mol. The molecule has 2 aromatic carbocycles. The maximum atomic E-state index is 12.8. The molecule has 0 atom stereocenters. The molecule has 88 valence electrons. The van der Waals surface area contributed by atoms with Crippen molar-refractivity contribution in [2.75, 3.05) is 7.05 Å². The fourth-order valence-electron chi connectivity index (χ4n) is 1.92. The third-order valence-corrected chi connectivity index (χ3v) is 2.79. The summed E-state index contributed by atoms with van der Waals surface area (Å²) in [6.45, 7) is 0.859. The number of hydrogen-bond donors (Lipinski definition) is 1. The Morgan fingerprint density at radius 3 is 2.24 bits per heavy atom. The summed E-state index contributed by atoms with van der Waals surface area (Å²) in [6.07, 6.45) is 0.845. The van der Waals surface area contributed by atoms with Gasteiger partial charge in [-0.25, -0.2) is 4.39 Å². The Hall–Kier alpha value is -1.67. The number of hydrogen-bond acceptors (Lipinski definition) is 1. The summed E-state index contributed by atoms with van der Waals surface area (Å²) < 4.78 is 12.8. The molecule has 0 aromatic heterocycles. The molecule has 0 spiro atoms. The molecule has 2 heteroatoms. The molecule has 0 aliphatic heterocycles. The molecule has 0 fully saturated rings. The smallest absolute Gasteiger partial charge is 0.123 e. The molecular formula is C15H16FN. The van der Waals surface area contributed by atoms with E-state index in [0.29, 0.717) is 0 Å². The lowest BCUT2D eigenvalue weighted by Crippen LogP contribution is -2.07. The average molecular weight is 229 g/mol. The zero-order valence-electron chi connectivity index (χ0n) is 9.91. The van der Waals surface area contributed by atoms with Crippen LogP contribution >= 0.6 is 0 Å². The van der Waals surface area contributed by atoms with E-state index in [2.05, 4.69) is 17.4 Å². The van der Waals surface area contributed by atoms with E-state index in [9.17, 15) is 4.39 Å². The molecular weight excluding hydrogens is 213 g/mol. The third-order valence-electron chi connectivity index (χ3n) is 2.79. The lowest BCUT2D eigenvalue weighted by Gasteiger charge is -2.09. The Labute approximate surface area is 101 Å². The van der Waals surface area contributed by atoms with Crippen LogP contribution in [0, 0.1) is 5.82 Å². The summed E-state index contributed by atoms with van der Waals surface area (Å²) in [7, 11) is 1.94. The Balaban J connectivity index is 2.20. The largest absolute Gasteiger partial charge is 0.316 e. The second kappa shape index (κ2) is 5.60. The van der Waals surface area contributed by atoms with E-state index < -0.39 is 0 Å². The summed E-state index contributed by atoms with van der Waals surface area (Å²) in [5, 5.41) is 3.16. The highest BCUT2D eigenvalue weighted by Gasteiger charge is 2.02. The van der Waals surface area contributed by atoms with Gasteiger partial charge in [-0.15, -0.1) is 0 Å². The maximum absolute atomic E-state index is 12.8. The van der Waals surface area contributed by atoms with Crippen molar-refractivity contribution >= 4 is 0 Å². The highest BCUT2D eigenvalue weighted by atomic mass is 19.1. The number of benzene rings is 2. The fraction of sp³-hybridized carbons (Fsp3) is 0.200. The van der Waals surface area contributed by atoms with E-state index in [1.165, 1.54) is 23.3 Å². The topological polar surface area (TPSA) is 12.0 Å². The monoisotopic (exact) mass is 229 g/mol. The van der Waals surface area contributed by atoms with Crippen molar-refractivity contribution in [3.63, 3.8) is 0 Å². The van der Waals surface area contributed by atoms with Gasteiger partial charge >= 0.3 is 0 Å². The van der Waals surface area contributed by atoms with E-state index in [1.54, 1.807) is 0 Å². The molecule has 0 amide bonds. The molecule has 1 nitrogen and oxygen atoms in total. The van der Waals surface area contributed by atoms with Crippen LogP contribution in [-0.4, -0.2) is 7.05 Å². The minimum Gasteiger partial charge on any atom is -0.316 e. The van der Waals surface area contributed by atoms with Gasteiger partial charge in [0.1, 0.15) is 5.82 Å². The van der Waals surface area contributed by atoms with E-state index in [0.717, 1.165) is 18.5 Å². The Bertz CT molecular complexity index is 477. The first-order valence-electron chi connectivity index (χ1n) is 5.75. The molecule has 0 saturated heterocycles. The molecule has 0 radical (unpaired) electrons. The third kappa shape index (κ3) is 3.14. The molecule has 1 N–H and O–H groups in total. The number of rotatable bonds is 4. The van der Waals surface area contributed by atoms with Gasteiger partial charge in [0.05, 0.1) is 0 Å². The van der Waals surface area contributed by atoms with Crippen molar-refractivity contribution in [3.05, 3.63) is 71.0 Å². The van der Waals surface area contributed by atoms with E-state index >= 15 is 0 Å². The first-order chi connectivity index (χ1) is 8.29. The zero-order chi connectivity index (χ0) is 12.1. The van der Waals surface area contributed by atoms with Crippen molar-refractivity contribution in [2.24, 2.45) is 0 Å². The number of halogens is 1. The van der Waals surface area contributed by atoms with Crippen LogP contribution in [0.25, 0.3) is 0 Å². The first kappa shape index (κ1) is 11.8. The Morgan fingerprint density at radius 1 is 0.941 bits per heavy atom. The molecule has 0 aliphatic carbocycles. The van der Waals surface area contributed by atoms with E-state index in [4.69, 9.17) is 0 Å². The molecule has 2 rings (SSSR count). The minimum atomic E-state index is -0.183. The van der Waals surface area contributed by atoms with E-state index in [1.807, 2.05) is 31.3 Å². The lowest BCUT2D eigenvalue weighted by atomic mass is 10.00. The van der Waals surface area contributed by atoms with Crippen molar-refractivity contribution in [2.45, 2.75) is 13.0 Å². The molecule has 0 aliphatic rings. The molecule has 0 bridgehead atoms. The van der Waals surface area contributed by atoms with Crippen LogP contribution in [0.2, 0.25) is 0 Å². The molecule has 2 aromatic rings. The quantitative estimate of drug-likeness (QED) is 0.849. The second-order valence-electron chi connectivity index (χ2n) is 4.10. The molecule has 0 heterocycles. The summed E-state index contributed by atoms with van der Waals surface area (Å²) in [4.78, 5) is 0. The predicted octanol–water partition coefficient (Wildman–Crippen LogP) is 3.14. The molecule has 17 heavy (non-hydrogen) atoms. The van der Waals surface area contributed by atoms with Crippen molar-refractivity contribution in [1.29, 1.82) is 0 Å². The van der Waals surface area contributed by atoms with Crippen LogP contribution in [0.1, 0.15) is 16.7 Å². The van der Waals surface area contributed by atoms with Crippen LogP contribution in [0.4, 0.5) is 4.39 Å². The average Bonchev–Trinajstić information content (AvgIpc) is 2.35. The molecule has 0 saturated carbocycles. The summed E-state index contributed by atoms with van der Waals surface area (Å²) in [6, 6.07) is 15.0. The van der Waals surface area contributed by atoms with Gasteiger partial charge in [0.15, 0.2) is 0 Å². The summed E-state index contributed by atoms with van der Waals surface area (Å²) in [5.74, 6) is -0.183. The van der Waals surface area contributed by atoms with Crippen LogP contribution in [0.3, 0.4) is 0 Å². The van der Waals surface area contributed by atoms with Crippen molar-refractivity contribution in [3.8, 4) is 0 Å². The minimum absolute atomic E-state index is 0.183. The highest BCUT2D eigenvalue weighted by Crippen LogP contribution is 2.14. The number of nitrogens with one attached hydrogen (secondary N) is 1. The van der Waals surface area contributed by atoms with Crippen LogP contribution in [0.5, 0.6) is 0 Å². The van der Waals surface area contributed by atoms with Gasteiger partial charge in [-0.1, -0.05) is 36.4 Å².